The number of benzene rings is 1. The summed E-state index contributed by atoms with van der Waals surface area (Å²) in [5, 5.41) is 1.93. The van der Waals surface area contributed by atoms with Crippen LogP contribution in [0.25, 0.3) is 0 Å². The number of halogens is 1. The van der Waals surface area contributed by atoms with Gasteiger partial charge in [-0.15, -0.1) is 11.3 Å². The summed E-state index contributed by atoms with van der Waals surface area (Å²) >= 11 is 4.99. The summed E-state index contributed by atoms with van der Waals surface area (Å²) in [7, 11) is 0. The molecule has 0 bridgehead atoms. The largest absolute Gasteiger partial charge is 0.339 e. The summed E-state index contributed by atoms with van der Waals surface area (Å²) in [6, 6.07) is 12.6. The molecule has 1 aliphatic rings. The van der Waals surface area contributed by atoms with Crippen molar-refractivity contribution in [3.63, 3.8) is 0 Å². The highest BCUT2D eigenvalue weighted by Gasteiger charge is 2.24. The molecule has 110 valence electrons. The quantitative estimate of drug-likeness (QED) is 0.779. The van der Waals surface area contributed by atoms with Gasteiger partial charge >= 0.3 is 0 Å². The first-order valence-corrected chi connectivity index (χ1v) is 8.97. The molecule has 0 aliphatic carbocycles. The van der Waals surface area contributed by atoms with Gasteiger partial charge in [0.15, 0.2) is 0 Å². The third-order valence-electron chi connectivity index (χ3n) is 4.08. The van der Waals surface area contributed by atoms with Crippen LogP contribution >= 0.6 is 27.3 Å². The molecular formula is C17H18BrNOS. The molecule has 2 heterocycles. The highest BCUT2D eigenvalue weighted by molar-refractivity contribution is 9.11. The molecule has 2 aromatic rings. The number of hydrogen-bond acceptors (Lipinski definition) is 2. The average Bonchev–Trinajstić information content (AvgIpc) is 2.95. The molecular weight excluding hydrogens is 346 g/mol. The Kier molecular flexibility index (Phi) is 4.76. The van der Waals surface area contributed by atoms with Crippen molar-refractivity contribution in [3.8, 4) is 0 Å². The van der Waals surface area contributed by atoms with Crippen molar-refractivity contribution in [2.45, 2.75) is 19.3 Å². The van der Waals surface area contributed by atoms with E-state index >= 15 is 0 Å². The average molecular weight is 364 g/mol. The lowest BCUT2D eigenvalue weighted by molar-refractivity contribution is 0.0691. The Labute approximate surface area is 137 Å². The monoisotopic (exact) mass is 363 g/mol. The second-order valence-electron chi connectivity index (χ2n) is 5.56. The maximum Gasteiger partial charge on any atom is 0.254 e. The number of nitrogens with zero attached hydrogens (tertiary/aromatic N) is 1. The molecule has 0 radical (unpaired) electrons. The van der Waals surface area contributed by atoms with Gasteiger partial charge in [-0.25, -0.2) is 0 Å². The minimum atomic E-state index is 0.176. The predicted octanol–water partition coefficient (Wildman–Crippen LogP) is 4.61. The molecule has 1 amide bonds. The zero-order valence-corrected chi connectivity index (χ0v) is 14.2. The zero-order chi connectivity index (χ0) is 14.7. The Hall–Kier alpha value is -1.13. The van der Waals surface area contributed by atoms with Crippen molar-refractivity contribution in [2.24, 2.45) is 5.92 Å². The van der Waals surface area contributed by atoms with Crippen LogP contribution in [0, 0.1) is 5.92 Å². The molecule has 3 rings (SSSR count). The van der Waals surface area contributed by atoms with Gasteiger partial charge in [-0.05, 0) is 52.7 Å². The lowest BCUT2D eigenvalue weighted by Gasteiger charge is -2.32. The fourth-order valence-electron chi connectivity index (χ4n) is 2.89. The van der Waals surface area contributed by atoms with Crippen molar-refractivity contribution < 1.29 is 4.79 Å². The van der Waals surface area contributed by atoms with Gasteiger partial charge in [-0.1, -0.05) is 30.3 Å². The predicted molar refractivity (Wildman–Crippen MR) is 90.8 cm³/mol. The molecule has 2 nitrogen and oxygen atoms in total. The zero-order valence-electron chi connectivity index (χ0n) is 11.8. The van der Waals surface area contributed by atoms with E-state index in [0.717, 1.165) is 41.7 Å². The molecule has 1 aliphatic heterocycles. The Morgan fingerprint density at radius 2 is 1.95 bits per heavy atom. The first-order chi connectivity index (χ1) is 10.2. The lowest BCUT2D eigenvalue weighted by Crippen LogP contribution is -2.38. The number of likely N-dealkylation sites (tertiary alicyclic amines) is 1. The number of thiophene rings is 1. The van der Waals surface area contributed by atoms with Gasteiger partial charge in [0.1, 0.15) is 0 Å². The fourth-order valence-corrected chi connectivity index (χ4v) is 4.02. The van der Waals surface area contributed by atoms with E-state index in [1.165, 1.54) is 5.56 Å². The summed E-state index contributed by atoms with van der Waals surface area (Å²) in [5.41, 5.74) is 2.22. The minimum absolute atomic E-state index is 0.176. The Bertz CT molecular complexity index is 602. The van der Waals surface area contributed by atoms with E-state index in [2.05, 4.69) is 46.3 Å². The lowest BCUT2D eigenvalue weighted by atomic mass is 9.90. The van der Waals surface area contributed by atoms with Crippen molar-refractivity contribution in [1.82, 2.24) is 4.90 Å². The number of amides is 1. The maximum atomic E-state index is 12.4. The first-order valence-electron chi connectivity index (χ1n) is 7.29. The summed E-state index contributed by atoms with van der Waals surface area (Å²) in [6.07, 6.45) is 3.34. The Morgan fingerprint density at radius 3 is 2.57 bits per heavy atom. The minimum Gasteiger partial charge on any atom is -0.339 e. The molecule has 0 N–H and O–H groups in total. The van der Waals surface area contributed by atoms with Crippen molar-refractivity contribution >= 4 is 33.2 Å². The summed E-state index contributed by atoms with van der Waals surface area (Å²) < 4.78 is 1.02. The van der Waals surface area contributed by atoms with Crippen LogP contribution in [-0.2, 0) is 6.42 Å². The van der Waals surface area contributed by atoms with Crippen molar-refractivity contribution in [1.29, 1.82) is 0 Å². The number of carbonyl (C=O) groups excluding carboxylic acids is 1. The number of rotatable bonds is 3. The van der Waals surface area contributed by atoms with Gasteiger partial charge in [0.2, 0.25) is 0 Å². The van der Waals surface area contributed by atoms with E-state index in [-0.39, 0.29) is 5.91 Å². The number of carbonyl (C=O) groups is 1. The highest BCUT2D eigenvalue weighted by atomic mass is 79.9. The molecule has 1 aromatic carbocycles. The van der Waals surface area contributed by atoms with E-state index in [4.69, 9.17) is 0 Å². The number of hydrogen-bond donors (Lipinski definition) is 0. The highest BCUT2D eigenvalue weighted by Crippen LogP contribution is 2.25. The standard InChI is InChI=1S/C17H18BrNOS/c18-16-11-15(12-21-16)17(20)19-8-6-14(7-9-19)10-13-4-2-1-3-5-13/h1-5,11-12,14H,6-10H2. The van der Waals surface area contributed by atoms with E-state index in [1.807, 2.05) is 16.3 Å². The first kappa shape index (κ1) is 14.8. The van der Waals surface area contributed by atoms with Crippen LogP contribution in [0.15, 0.2) is 45.6 Å². The van der Waals surface area contributed by atoms with Gasteiger partial charge in [0.25, 0.3) is 5.91 Å². The third-order valence-corrected chi connectivity index (χ3v) is 5.59. The Balaban J connectivity index is 1.54. The van der Waals surface area contributed by atoms with Crippen LogP contribution < -0.4 is 0 Å². The molecule has 0 spiro atoms. The van der Waals surface area contributed by atoms with Crippen molar-refractivity contribution in [2.75, 3.05) is 13.1 Å². The molecule has 0 saturated carbocycles. The maximum absolute atomic E-state index is 12.4. The van der Waals surface area contributed by atoms with E-state index in [0.29, 0.717) is 5.92 Å². The molecule has 1 fully saturated rings. The fraction of sp³-hybridized carbons (Fsp3) is 0.353. The third kappa shape index (κ3) is 3.74. The smallest absolute Gasteiger partial charge is 0.254 e. The van der Waals surface area contributed by atoms with E-state index in [9.17, 15) is 4.79 Å². The number of piperidine rings is 1. The van der Waals surface area contributed by atoms with Crippen LogP contribution in [0.3, 0.4) is 0 Å². The van der Waals surface area contributed by atoms with Gasteiger partial charge < -0.3 is 4.90 Å². The molecule has 21 heavy (non-hydrogen) atoms. The van der Waals surface area contributed by atoms with Gasteiger partial charge in [-0.3, -0.25) is 4.79 Å². The molecule has 0 atom stereocenters. The summed E-state index contributed by atoms with van der Waals surface area (Å²) in [4.78, 5) is 14.4. The molecule has 4 heteroatoms. The van der Waals surface area contributed by atoms with E-state index < -0.39 is 0 Å². The summed E-state index contributed by atoms with van der Waals surface area (Å²) in [5.74, 6) is 0.876. The van der Waals surface area contributed by atoms with Crippen LogP contribution in [0.1, 0.15) is 28.8 Å². The van der Waals surface area contributed by atoms with E-state index in [1.54, 1.807) is 11.3 Å². The molecule has 1 aromatic heterocycles. The van der Waals surface area contributed by atoms with Crippen LogP contribution in [0.4, 0.5) is 0 Å². The summed E-state index contributed by atoms with van der Waals surface area (Å²) in [6.45, 7) is 1.76. The second kappa shape index (κ2) is 6.75. The van der Waals surface area contributed by atoms with Crippen molar-refractivity contribution in [3.05, 3.63) is 56.7 Å². The van der Waals surface area contributed by atoms with Gasteiger partial charge in [0, 0.05) is 18.5 Å². The molecule has 0 unspecified atom stereocenters. The Morgan fingerprint density at radius 1 is 1.24 bits per heavy atom. The van der Waals surface area contributed by atoms with Crippen LogP contribution in [0.2, 0.25) is 0 Å². The van der Waals surface area contributed by atoms with Crippen LogP contribution in [-0.4, -0.2) is 23.9 Å². The second-order valence-corrected chi connectivity index (χ2v) is 7.86. The normalized spacial score (nSPS) is 16.1. The van der Waals surface area contributed by atoms with Gasteiger partial charge in [0.05, 0.1) is 9.35 Å². The van der Waals surface area contributed by atoms with Crippen LogP contribution in [0.5, 0.6) is 0 Å². The topological polar surface area (TPSA) is 20.3 Å². The molecule has 1 saturated heterocycles. The van der Waals surface area contributed by atoms with Gasteiger partial charge in [-0.2, -0.15) is 0 Å². The SMILES string of the molecule is O=C(c1csc(Br)c1)N1CCC(Cc2ccccc2)CC1.